The molecule has 0 saturated carbocycles. The van der Waals surface area contributed by atoms with E-state index in [1.54, 1.807) is 6.92 Å². The fraction of sp³-hybridized carbons (Fsp3) is 0.900. The summed E-state index contributed by atoms with van der Waals surface area (Å²) >= 11 is -0.245. The van der Waals surface area contributed by atoms with E-state index < -0.39 is 0 Å². The van der Waals surface area contributed by atoms with Crippen molar-refractivity contribution in [2.24, 2.45) is 0 Å². The summed E-state index contributed by atoms with van der Waals surface area (Å²) in [5.74, 6) is -0.211. The summed E-state index contributed by atoms with van der Waals surface area (Å²) in [5, 5.41) is 0. The molecule has 4 nitrogen and oxygen atoms in total. The molecule has 0 amide bonds. The lowest BCUT2D eigenvalue weighted by atomic mass is 10.5. The second kappa shape index (κ2) is 12.0. The Morgan fingerprint density at radius 3 is 1.67 bits per heavy atom. The lowest BCUT2D eigenvalue weighted by Crippen LogP contribution is -2.14. The first-order valence-electron chi connectivity index (χ1n) is 5.16. The highest BCUT2D eigenvalue weighted by molar-refractivity contribution is 6.18. The second-order valence-corrected chi connectivity index (χ2v) is 4.13. The van der Waals surface area contributed by atoms with Gasteiger partial charge in [-0.25, -0.2) is 0 Å². The van der Waals surface area contributed by atoms with E-state index in [0.29, 0.717) is 18.8 Å². The lowest BCUT2D eigenvalue weighted by molar-refractivity contribution is -0.140. The molecule has 0 rings (SSSR count). The number of rotatable bonds is 5. The zero-order chi connectivity index (χ0) is 12.3. The minimum atomic E-state index is -0.245. The van der Waals surface area contributed by atoms with Crippen LogP contribution in [-0.2, 0) is 17.1 Å². The molecule has 0 spiro atoms. The van der Waals surface area contributed by atoms with Crippen LogP contribution in [0.1, 0.15) is 41.5 Å². The maximum atomic E-state index is 9.82. The zero-order valence-electron chi connectivity index (χ0n) is 10.6. The molecule has 0 aliphatic heterocycles. The molecule has 0 N–H and O–H groups in total. The molecule has 0 heterocycles. The number of hydrogen-bond donors (Lipinski definition) is 0. The number of hydrogen-bond acceptors (Lipinski definition) is 4. The third kappa shape index (κ3) is 24.9. The summed E-state index contributed by atoms with van der Waals surface area (Å²) in [6.07, 6.45) is 0.609. The molecule has 0 atom stereocenters. The van der Waals surface area contributed by atoms with Crippen molar-refractivity contribution < 1.29 is 17.1 Å². The summed E-state index contributed by atoms with van der Waals surface area (Å²) in [5.41, 5.74) is 0. The Hall–Kier alpha value is -0.0775. The summed E-state index contributed by atoms with van der Waals surface area (Å²) < 4.78 is 14.8. The van der Waals surface area contributed by atoms with Crippen molar-refractivity contribution in [1.82, 2.24) is 0 Å². The highest BCUT2D eigenvalue weighted by Crippen LogP contribution is 1.89. The normalized spacial score (nSPS) is 9.60. The molecule has 0 aromatic rings. The third-order valence-electron chi connectivity index (χ3n) is 1.00. The molecule has 15 heavy (non-hydrogen) atoms. The first-order valence-corrected chi connectivity index (χ1v) is 6.10. The van der Waals surface area contributed by atoms with Gasteiger partial charge in [-0.2, -0.15) is 0 Å². The van der Waals surface area contributed by atoms with Gasteiger partial charge >= 0.3 is 21.9 Å². The van der Waals surface area contributed by atoms with Gasteiger partial charge in [-0.1, -0.05) is 0 Å². The molecule has 0 unspecified atom stereocenters. The molecule has 0 fully saturated rings. The Morgan fingerprint density at radius 2 is 1.53 bits per heavy atom. The van der Waals surface area contributed by atoms with Gasteiger partial charge < -0.3 is 12.3 Å². The van der Waals surface area contributed by atoms with Gasteiger partial charge in [0.05, 0.1) is 6.61 Å². The molecule has 0 aromatic carbocycles. The van der Waals surface area contributed by atoms with Gasteiger partial charge in [0.15, 0.2) is 0 Å². The lowest BCUT2D eigenvalue weighted by Gasteiger charge is -2.09. The minimum Gasteiger partial charge on any atom is -0.482 e. The fourth-order valence-electron chi connectivity index (χ4n) is 0.458. The third-order valence-corrected chi connectivity index (χ3v) is 2.31. The van der Waals surface area contributed by atoms with Gasteiger partial charge in [0, 0.05) is 19.1 Å². The monoisotopic (exact) mass is 233 g/mol. The van der Waals surface area contributed by atoms with Crippen molar-refractivity contribution >= 4 is 21.9 Å². The number of esters is 1. The van der Waals surface area contributed by atoms with E-state index in [-0.39, 0.29) is 21.9 Å². The van der Waals surface area contributed by atoms with Crippen LogP contribution < -0.4 is 0 Å². The molecule has 0 bridgehead atoms. The van der Waals surface area contributed by atoms with Crippen LogP contribution in [0.5, 0.6) is 0 Å². The summed E-state index contributed by atoms with van der Waals surface area (Å²) in [4.78, 5) is 9.82. The Balaban J connectivity index is 0. The molecular weight excluding hydrogens is 211 g/mol. The van der Waals surface area contributed by atoms with Crippen LogP contribution >= 0.6 is 0 Å². The minimum absolute atomic E-state index is 0.211. The van der Waals surface area contributed by atoms with E-state index in [1.807, 2.05) is 27.7 Å². The average Bonchev–Trinajstić information content (AvgIpc) is 2.03. The largest absolute Gasteiger partial charge is 0.668 e. The molecule has 0 saturated heterocycles. The predicted octanol–water partition coefficient (Wildman–Crippen LogP) is 1.94. The van der Waals surface area contributed by atoms with Crippen LogP contribution in [0.2, 0.25) is 0 Å². The Morgan fingerprint density at radius 1 is 1.13 bits per heavy atom. The quantitative estimate of drug-likeness (QED) is 0.537. The van der Waals surface area contributed by atoms with Crippen molar-refractivity contribution in [2.75, 3.05) is 6.61 Å². The van der Waals surface area contributed by atoms with Crippen molar-refractivity contribution in [1.29, 1.82) is 0 Å². The van der Waals surface area contributed by atoms with Gasteiger partial charge in [0.25, 0.3) is 0 Å². The molecule has 0 aromatic heterocycles. The molecule has 1 radical (unpaired) electrons. The van der Waals surface area contributed by atoms with Gasteiger partial charge in [-0.05, 0) is 34.6 Å². The van der Waals surface area contributed by atoms with Crippen molar-refractivity contribution in [3.63, 3.8) is 0 Å². The summed E-state index contributed by atoms with van der Waals surface area (Å²) in [6, 6.07) is 0. The van der Waals surface area contributed by atoms with E-state index >= 15 is 0 Å². The van der Waals surface area contributed by atoms with E-state index in [1.165, 1.54) is 6.92 Å². The molecular formula is C10H22AlO4. The van der Waals surface area contributed by atoms with E-state index in [4.69, 9.17) is 7.58 Å². The smallest absolute Gasteiger partial charge is 0.482 e. The van der Waals surface area contributed by atoms with Gasteiger partial charge in [0.2, 0.25) is 0 Å². The van der Waals surface area contributed by atoms with E-state index in [2.05, 4.69) is 4.74 Å². The van der Waals surface area contributed by atoms with Crippen LogP contribution in [0.3, 0.4) is 0 Å². The maximum absolute atomic E-state index is 9.82. The van der Waals surface area contributed by atoms with Crippen LogP contribution in [0.4, 0.5) is 0 Å². The van der Waals surface area contributed by atoms with Crippen LogP contribution in [0, 0.1) is 0 Å². The Bertz CT molecular complexity index is 140. The second-order valence-electron chi connectivity index (χ2n) is 3.39. The average molecular weight is 233 g/mol. The van der Waals surface area contributed by atoms with Gasteiger partial charge in [-0.3, -0.25) is 4.79 Å². The molecule has 0 aliphatic carbocycles. The summed E-state index contributed by atoms with van der Waals surface area (Å²) in [7, 11) is 0. The number of carbonyl (C=O) groups is 1. The Labute approximate surface area is 99.7 Å². The maximum Gasteiger partial charge on any atom is 0.668 e. The Kier molecular flexibility index (Phi) is 13.9. The zero-order valence-corrected chi connectivity index (χ0v) is 11.7. The number of carbonyl (C=O) groups excluding carboxylic acids is 1. The standard InChI is InChI=1S/C4H8O2.2C3H7O.Al/c1-3-6-4(2)5;2*1-3(2)4;/h3H2,1-2H3;2*3H,1-2H3;/q;2*-1;+2. The van der Waals surface area contributed by atoms with Crippen LogP contribution in [0.25, 0.3) is 0 Å². The van der Waals surface area contributed by atoms with E-state index in [0.717, 1.165) is 0 Å². The highest BCUT2D eigenvalue weighted by atomic mass is 27.2. The first-order chi connectivity index (χ1) is 6.90. The molecule has 0 aliphatic rings. The van der Waals surface area contributed by atoms with Crippen LogP contribution in [-0.4, -0.2) is 40.7 Å². The fourth-order valence-corrected chi connectivity index (χ4v) is 0.966. The highest BCUT2D eigenvalue weighted by Gasteiger charge is 2.01. The van der Waals surface area contributed by atoms with Crippen molar-refractivity contribution in [2.45, 2.75) is 53.8 Å². The van der Waals surface area contributed by atoms with Gasteiger partial charge in [0.1, 0.15) is 0 Å². The van der Waals surface area contributed by atoms with Crippen molar-refractivity contribution in [3.8, 4) is 0 Å². The number of ether oxygens (including phenoxy) is 1. The topological polar surface area (TPSA) is 44.8 Å². The molecule has 5 heteroatoms. The van der Waals surface area contributed by atoms with Crippen molar-refractivity contribution in [3.05, 3.63) is 0 Å². The van der Waals surface area contributed by atoms with Gasteiger partial charge in [-0.15, -0.1) is 0 Å². The predicted molar refractivity (Wildman–Crippen MR) is 60.5 cm³/mol. The first kappa shape index (κ1) is 17.3. The van der Waals surface area contributed by atoms with E-state index in [9.17, 15) is 4.79 Å². The SMILES string of the molecule is CC(C)[O][Al][O]C(C)C.CCOC(C)=O. The molecule has 89 valence electrons. The summed E-state index contributed by atoms with van der Waals surface area (Å²) in [6.45, 7) is 11.7. The van der Waals surface area contributed by atoms with Crippen LogP contribution in [0.15, 0.2) is 0 Å².